The van der Waals surface area contributed by atoms with Crippen molar-refractivity contribution in [3.8, 4) is 5.75 Å². The van der Waals surface area contributed by atoms with Crippen LogP contribution in [0.25, 0.3) is 0 Å². The minimum absolute atomic E-state index is 0.0126. The monoisotopic (exact) mass is 407 g/mol. The smallest absolute Gasteiger partial charge is 0.416 e. The maximum atomic E-state index is 12.8. The zero-order chi connectivity index (χ0) is 19.5. The van der Waals surface area contributed by atoms with Gasteiger partial charge in [0, 0.05) is 6.54 Å². The van der Waals surface area contributed by atoms with Crippen molar-refractivity contribution < 1.29 is 26.3 Å². The molecule has 2 rings (SSSR count). The van der Waals surface area contributed by atoms with Crippen molar-refractivity contribution >= 4 is 21.6 Å². The highest BCUT2D eigenvalue weighted by molar-refractivity contribution is 7.89. The van der Waals surface area contributed by atoms with Gasteiger partial charge in [0.2, 0.25) is 10.0 Å². The Morgan fingerprint density at radius 3 is 2.27 bits per heavy atom. The summed E-state index contributed by atoms with van der Waals surface area (Å²) in [6.07, 6.45) is -4.67. The molecule has 26 heavy (non-hydrogen) atoms. The van der Waals surface area contributed by atoms with Crippen LogP contribution in [0, 0.1) is 13.8 Å². The number of aryl methyl sites for hydroxylation is 2. The number of alkyl halides is 3. The second-order valence-corrected chi connectivity index (χ2v) is 7.86. The SMILES string of the molecule is Cc1cc(C)cc(OCCNS(=O)(=O)c2cc(C(F)(F)F)ccc2Cl)c1. The highest BCUT2D eigenvalue weighted by Gasteiger charge is 2.32. The van der Waals surface area contributed by atoms with Gasteiger partial charge in [-0.05, 0) is 55.3 Å². The lowest BCUT2D eigenvalue weighted by molar-refractivity contribution is -0.137. The summed E-state index contributed by atoms with van der Waals surface area (Å²) in [5, 5.41) is -0.291. The van der Waals surface area contributed by atoms with Crippen molar-refractivity contribution in [1.29, 1.82) is 0 Å². The van der Waals surface area contributed by atoms with E-state index in [0.29, 0.717) is 11.8 Å². The van der Waals surface area contributed by atoms with Crippen molar-refractivity contribution in [3.63, 3.8) is 0 Å². The number of hydrogen-bond donors (Lipinski definition) is 1. The van der Waals surface area contributed by atoms with Gasteiger partial charge in [-0.15, -0.1) is 0 Å². The molecule has 9 heteroatoms. The van der Waals surface area contributed by atoms with Crippen LogP contribution in [0.15, 0.2) is 41.3 Å². The van der Waals surface area contributed by atoms with E-state index in [1.54, 1.807) is 12.1 Å². The fourth-order valence-electron chi connectivity index (χ4n) is 2.32. The summed E-state index contributed by atoms with van der Waals surface area (Å²) in [7, 11) is -4.21. The summed E-state index contributed by atoms with van der Waals surface area (Å²) in [4.78, 5) is -0.625. The third-order valence-corrected chi connectivity index (χ3v) is 5.35. The second-order valence-electron chi connectivity index (χ2n) is 5.71. The van der Waals surface area contributed by atoms with E-state index < -0.39 is 26.7 Å². The Hall–Kier alpha value is -1.77. The number of rotatable bonds is 6. The van der Waals surface area contributed by atoms with Crippen LogP contribution in [0.5, 0.6) is 5.75 Å². The van der Waals surface area contributed by atoms with Crippen molar-refractivity contribution in [2.45, 2.75) is 24.9 Å². The first kappa shape index (κ1) is 20.5. The molecule has 0 aromatic heterocycles. The molecule has 0 aliphatic rings. The molecule has 0 aliphatic carbocycles. The van der Waals surface area contributed by atoms with Crippen molar-refractivity contribution in [2.24, 2.45) is 0 Å². The maximum Gasteiger partial charge on any atom is 0.416 e. The minimum Gasteiger partial charge on any atom is -0.492 e. The molecule has 2 aromatic carbocycles. The van der Waals surface area contributed by atoms with Crippen LogP contribution in [-0.4, -0.2) is 21.6 Å². The number of ether oxygens (including phenoxy) is 1. The van der Waals surface area contributed by atoms with E-state index >= 15 is 0 Å². The number of halogens is 4. The molecule has 1 N–H and O–H groups in total. The molecule has 4 nitrogen and oxygen atoms in total. The molecule has 0 amide bonds. The number of hydrogen-bond acceptors (Lipinski definition) is 3. The average Bonchev–Trinajstić information content (AvgIpc) is 2.50. The van der Waals surface area contributed by atoms with Gasteiger partial charge in [-0.2, -0.15) is 13.2 Å². The lowest BCUT2D eigenvalue weighted by Crippen LogP contribution is -2.28. The van der Waals surface area contributed by atoms with Gasteiger partial charge in [0.1, 0.15) is 17.3 Å². The second kappa shape index (κ2) is 7.85. The van der Waals surface area contributed by atoms with Crippen LogP contribution in [0.3, 0.4) is 0 Å². The van der Waals surface area contributed by atoms with Gasteiger partial charge in [-0.1, -0.05) is 17.7 Å². The molecule has 2 aromatic rings. The summed E-state index contributed by atoms with van der Waals surface area (Å²) in [6.45, 7) is 3.69. The first-order valence-electron chi connectivity index (χ1n) is 7.56. The molecule has 0 bridgehead atoms. The van der Waals surface area contributed by atoms with Crippen LogP contribution in [-0.2, 0) is 16.2 Å². The topological polar surface area (TPSA) is 55.4 Å². The van der Waals surface area contributed by atoms with Gasteiger partial charge >= 0.3 is 6.18 Å². The van der Waals surface area contributed by atoms with Gasteiger partial charge in [0.15, 0.2) is 0 Å². The first-order chi connectivity index (χ1) is 12.0. The molecular weight excluding hydrogens is 391 g/mol. The third-order valence-electron chi connectivity index (χ3n) is 3.41. The van der Waals surface area contributed by atoms with Crippen molar-refractivity contribution in [3.05, 3.63) is 58.1 Å². The average molecular weight is 408 g/mol. The number of benzene rings is 2. The zero-order valence-corrected chi connectivity index (χ0v) is 15.6. The van der Waals surface area contributed by atoms with Crippen molar-refractivity contribution in [1.82, 2.24) is 4.72 Å². The van der Waals surface area contributed by atoms with Crippen LogP contribution in [0.2, 0.25) is 5.02 Å². The van der Waals surface area contributed by atoms with Gasteiger partial charge < -0.3 is 4.74 Å². The Bertz CT molecular complexity index is 878. The van der Waals surface area contributed by atoms with Crippen LogP contribution in [0.1, 0.15) is 16.7 Å². The molecule has 0 saturated carbocycles. The molecule has 0 heterocycles. The Balaban J connectivity index is 2.05. The standard InChI is InChI=1S/C17H17ClF3NO3S/c1-11-7-12(2)9-14(8-11)25-6-5-22-26(23,24)16-10-13(17(19,20)21)3-4-15(16)18/h3-4,7-10,22H,5-6H2,1-2H3. The zero-order valence-electron chi connectivity index (χ0n) is 14.0. The quantitative estimate of drug-likeness (QED) is 0.725. The third kappa shape index (κ3) is 5.36. The van der Waals surface area contributed by atoms with E-state index in [2.05, 4.69) is 4.72 Å². The van der Waals surface area contributed by atoms with Crippen molar-refractivity contribution in [2.75, 3.05) is 13.2 Å². The first-order valence-corrected chi connectivity index (χ1v) is 9.43. The minimum atomic E-state index is -4.67. The summed E-state index contributed by atoms with van der Waals surface area (Å²) < 4.78 is 70.4. The lowest BCUT2D eigenvalue weighted by atomic mass is 10.1. The molecule has 0 atom stereocenters. The fraction of sp³-hybridized carbons (Fsp3) is 0.294. The lowest BCUT2D eigenvalue weighted by Gasteiger charge is -2.12. The van der Waals surface area contributed by atoms with E-state index in [1.807, 2.05) is 19.9 Å². The van der Waals surface area contributed by atoms with Gasteiger partial charge in [0.05, 0.1) is 10.6 Å². The summed E-state index contributed by atoms with van der Waals surface area (Å²) in [6, 6.07) is 7.70. The molecule has 0 fully saturated rings. The maximum absolute atomic E-state index is 12.8. The van der Waals surface area contributed by atoms with E-state index in [0.717, 1.165) is 23.3 Å². The summed E-state index contributed by atoms with van der Waals surface area (Å²) >= 11 is 5.76. The highest BCUT2D eigenvalue weighted by atomic mass is 35.5. The van der Waals surface area contributed by atoms with Gasteiger partial charge in [0.25, 0.3) is 0 Å². The van der Waals surface area contributed by atoms with E-state index in [1.165, 1.54) is 0 Å². The molecule has 0 saturated heterocycles. The van der Waals surface area contributed by atoms with E-state index in [9.17, 15) is 21.6 Å². The molecule has 0 aliphatic heterocycles. The molecular formula is C17H17ClF3NO3S. The van der Waals surface area contributed by atoms with E-state index in [-0.39, 0.29) is 18.2 Å². The molecule has 0 spiro atoms. The predicted molar refractivity (Wildman–Crippen MR) is 93.1 cm³/mol. The van der Waals surface area contributed by atoms with Crippen LogP contribution >= 0.6 is 11.6 Å². The summed E-state index contributed by atoms with van der Waals surface area (Å²) in [5.74, 6) is 0.582. The Morgan fingerprint density at radius 1 is 1.08 bits per heavy atom. The van der Waals surface area contributed by atoms with Gasteiger partial charge in [-0.25, -0.2) is 13.1 Å². The predicted octanol–water partition coefficient (Wildman–Crippen LogP) is 4.33. The molecule has 0 unspecified atom stereocenters. The van der Waals surface area contributed by atoms with Crippen LogP contribution < -0.4 is 9.46 Å². The highest BCUT2D eigenvalue weighted by Crippen LogP contribution is 2.33. The Morgan fingerprint density at radius 2 is 1.69 bits per heavy atom. The number of sulfonamides is 1. The fourth-order valence-corrected chi connectivity index (χ4v) is 3.86. The Kier molecular flexibility index (Phi) is 6.21. The molecule has 0 radical (unpaired) electrons. The van der Waals surface area contributed by atoms with Gasteiger partial charge in [-0.3, -0.25) is 0 Å². The molecule has 142 valence electrons. The number of nitrogens with one attached hydrogen (secondary N) is 1. The van der Waals surface area contributed by atoms with Crippen LogP contribution in [0.4, 0.5) is 13.2 Å². The largest absolute Gasteiger partial charge is 0.492 e. The Labute approximate surface area is 155 Å². The summed E-state index contributed by atoms with van der Waals surface area (Å²) in [5.41, 5.74) is 0.904. The normalized spacial score (nSPS) is 12.2. The van der Waals surface area contributed by atoms with E-state index in [4.69, 9.17) is 16.3 Å².